The van der Waals surface area contributed by atoms with E-state index in [1.165, 1.54) is 0 Å². The summed E-state index contributed by atoms with van der Waals surface area (Å²) in [5, 5.41) is 1.05. The summed E-state index contributed by atoms with van der Waals surface area (Å²) in [5.41, 5.74) is 2.09. The second-order valence-electron chi connectivity index (χ2n) is 4.05. The van der Waals surface area contributed by atoms with Crippen molar-refractivity contribution in [2.45, 2.75) is 26.8 Å². The Hall–Kier alpha value is -0.610. The van der Waals surface area contributed by atoms with Gasteiger partial charge < -0.3 is 4.74 Å². The lowest BCUT2D eigenvalue weighted by Gasteiger charge is -2.19. The number of rotatable bonds is 7. The van der Waals surface area contributed by atoms with E-state index in [-0.39, 0.29) is 0 Å². The first-order chi connectivity index (χ1) is 8.19. The van der Waals surface area contributed by atoms with Crippen molar-refractivity contribution in [3.63, 3.8) is 0 Å². The number of hydrogen-bond acceptors (Lipinski definition) is 3. The SMILES string of the molecule is CCN(CCCBr)Cc1cc(OC)cc(C)n1. The zero-order valence-electron chi connectivity index (χ0n) is 10.9. The van der Waals surface area contributed by atoms with E-state index in [0.29, 0.717) is 0 Å². The molecular formula is C13H21BrN2O. The van der Waals surface area contributed by atoms with Gasteiger partial charge in [0.1, 0.15) is 5.75 Å². The van der Waals surface area contributed by atoms with E-state index in [1.807, 2.05) is 19.1 Å². The van der Waals surface area contributed by atoms with E-state index in [1.54, 1.807) is 7.11 Å². The van der Waals surface area contributed by atoms with Crippen LogP contribution in [0.15, 0.2) is 12.1 Å². The summed E-state index contributed by atoms with van der Waals surface area (Å²) in [4.78, 5) is 6.94. The van der Waals surface area contributed by atoms with Crippen LogP contribution in [-0.2, 0) is 6.54 Å². The number of halogens is 1. The molecule has 0 fully saturated rings. The summed E-state index contributed by atoms with van der Waals surface area (Å²) >= 11 is 3.46. The molecule has 0 saturated carbocycles. The fourth-order valence-electron chi connectivity index (χ4n) is 1.76. The number of aromatic nitrogens is 1. The highest BCUT2D eigenvalue weighted by Gasteiger charge is 2.06. The third kappa shape index (κ3) is 5.04. The van der Waals surface area contributed by atoms with Gasteiger partial charge in [0, 0.05) is 29.7 Å². The molecule has 17 heavy (non-hydrogen) atoms. The molecule has 0 atom stereocenters. The van der Waals surface area contributed by atoms with E-state index in [9.17, 15) is 0 Å². The molecule has 1 rings (SSSR count). The first-order valence-corrected chi connectivity index (χ1v) is 7.11. The van der Waals surface area contributed by atoms with Crippen LogP contribution >= 0.6 is 15.9 Å². The summed E-state index contributed by atoms with van der Waals surface area (Å²) in [6.45, 7) is 7.22. The van der Waals surface area contributed by atoms with Crippen LogP contribution in [0.25, 0.3) is 0 Å². The Morgan fingerprint density at radius 3 is 2.76 bits per heavy atom. The Balaban J connectivity index is 2.68. The number of hydrogen-bond donors (Lipinski definition) is 0. The third-order valence-electron chi connectivity index (χ3n) is 2.66. The van der Waals surface area contributed by atoms with Crippen LogP contribution in [0, 0.1) is 6.92 Å². The predicted molar refractivity (Wildman–Crippen MR) is 74.9 cm³/mol. The summed E-state index contributed by atoms with van der Waals surface area (Å²) in [7, 11) is 1.70. The van der Waals surface area contributed by atoms with Crippen LogP contribution < -0.4 is 4.74 Å². The van der Waals surface area contributed by atoms with Gasteiger partial charge in [-0.3, -0.25) is 9.88 Å². The molecule has 0 aliphatic carbocycles. The Morgan fingerprint density at radius 1 is 1.41 bits per heavy atom. The topological polar surface area (TPSA) is 25.4 Å². The summed E-state index contributed by atoms with van der Waals surface area (Å²) in [6.07, 6.45) is 1.16. The molecule has 0 saturated heterocycles. The zero-order valence-corrected chi connectivity index (χ0v) is 12.5. The second kappa shape index (κ2) is 7.67. The van der Waals surface area contributed by atoms with Crippen LogP contribution in [0.4, 0.5) is 0 Å². The minimum atomic E-state index is 0.890. The maximum Gasteiger partial charge on any atom is 0.122 e. The third-order valence-corrected chi connectivity index (χ3v) is 3.22. The molecule has 0 aliphatic heterocycles. The number of nitrogens with zero attached hydrogens (tertiary/aromatic N) is 2. The Morgan fingerprint density at radius 2 is 2.18 bits per heavy atom. The molecule has 0 radical (unpaired) electrons. The van der Waals surface area contributed by atoms with Gasteiger partial charge in [0.2, 0.25) is 0 Å². The smallest absolute Gasteiger partial charge is 0.122 e. The Kier molecular flexibility index (Phi) is 6.52. The molecule has 1 heterocycles. The molecule has 0 spiro atoms. The lowest BCUT2D eigenvalue weighted by atomic mass is 10.2. The highest BCUT2D eigenvalue weighted by molar-refractivity contribution is 9.09. The summed E-state index contributed by atoms with van der Waals surface area (Å²) in [5.74, 6) is 0.893. The number of methoxy groups -OCH3 is 1. The van der Waals surface area contributed by atoms with Gasteiger partial charge in [0.15, 0.2) is 0 Å². The lowest BCUT2D eigenvalue weighted by Crippen LogP contribution is -2.24. The standard InChI is InChI=1S/C13H21BrN2O/c1-4-16(7-5-6-14)10-12-9-13(17-3)8-11(2)15-12/h8-9H,4-7,10H2,1-3H3. The van der Waals surface area contributed by atoms with Crippen molar-refractivity contribution in [3.8, 4) is 5.75 Å². The van der Waals surface area contributed by atoms with Crippen molar-refractivity contribution in [1.29, 1.82) is 0 Å². The highest BCUT2D eigenvalue weighted by Crippen LogP contribution is 2.14. The zero-order chi connectivity index (χ0) is 12.7. The largest absolute Gasteiger partial charge is 0.497 e. The molecule has 0 amide bonds. The monoisotopic (exact) mass is 300 g/mol. The molecule has 3 nitrogen and oxygen atoms in total. The van der Waals surface area contributed by atoms with Gasteiger partial charge in [0.25, 0.3) is 0 Å². The van der Waals surface area contributed by atoms with Gasteiger partial charge in [-0.15, -0.1) is 0 Å². The van der Waals surface area contributed by atoms with Gasteiger partial charge in [-0.2, -0.15) is 0 Å². The molecule has 0 bridgehead atoms. The number of aryl methyl sites for hydroxylation is 1. The van der Waals surface area contributed by atoms with Crippen LogP contribution in [0.1, 0.15) is 24.7 Å². The highest BCUT2D eigenvalue weighted by atomic mass is 79.9. The predicted octanol–water partition coefficient (Wildman–Crippen LogP) is 3.01. The van der Waals surface area contributed by atoms with Crippen molar-refractivity contribution in [2.24, 2.45) is 0 Å². The average molecular weight is 301 g/mol. The van der Waals surface area contributed by atoms with Crippen molar-refractivity contribution in [2.75, 3.05) is 25.5 Å². The van der Waals surface area contributed by atoms with Gasteiger partial charge >= 0.3 is 0 Å². The molecule has 1 aromatic rings. The van der Waals surface area contributed by atoms with Crippen LogP contribution in [0.3, 0.4) is 0 Å². The van der Waals surface area contributed by atoms with E-state index >= 15 is 0 Å². The fraction of sp³-hybridized carbons (Fsp3) is 0.615. The van der Waals surface area contributed by atoms with E-state index in [4.69, 9.17) is 4.74 Å². The fourth-order valence-corrected chi connectivity index (χ4v) is 2.01. The second-order valence-corrected chi connectivity index (χ2v) is 4.84. The molecule has 96 valence electrons. The van der Waals surface area contributed by atoms with E-state index in [0.717, 1.165) is 48.5 Å². The van der Waals surface area contributed by atoms with Gasteiger partial charge in [0.05, 0.1) is 12.8 Å². The Bertz CT molecular complexity index is 344. The molecule has 4 heteroatoms. The first-order valence-electron chi connectivity index (χ1n) is 5.99. The summed E-state index contributed by atoms with van der Waals surface area (Å²) < 4.78 is 5.27. The van der Waals surface area contributed by atoms with Crippen LogP contribution in [-0.4, -0.2) is 35.4 Å². The quantitative estimate of drug-likeness (QED) is 0.724. The normalized spacial score (nSPS) is 10.9. The van der Waals surface area contributed by atoms with Crippen molar-refractivity contribution >= 4 is 15.9 Å². The summed E-state index contributed by atoms with van der Waals surface area (Å²) in [6, 6.07) is 3.97. The maximum absolute atomic E-state index is 5.27. The molecular weight excluding hydrogens is 280 g/mol. The minimum Gasteiger partial charge on any atom is -0.497 e. The van der Waals surface area contributed by atoms with Crippen LogP contribution in [0.5, 0.6) is 5.75 Å². The first kappa shape index (κ1) is 14.5. The number of pyridine rings is 1. The van der Waals surface area contributed by atoms with Crippen molar-refractivity contribution in [1.82, 2.24) is 9.88 Å². The van der Waals surface area contributed by atoms with Gasteiger partial charge in [-0.25, -0.2) is 0 Å². The molecule has 0 N–H and O–H groups in total. The van der Waals surface area contributed by atoms with Gasteiger partial charge in [-0.1, -0.05) is 22.9 Å². The number of ether oxygens (including phenoxy) is 1. The van der Waals surface area contributed by atoms with Crippen LogP contribution in [0.2, 0.25) is 0 Å². The number of alkyl halides is 1. The Labute approximate surface area is 112 Å². The average Bonchev–Trinajstić information content (AvgIpc) is 2.33. The van der Waals surface area contributed by atoms with Crippen molar-refractivity contribution in [3.05, 3.63) is 23.5 Å². The van der Waals surface area contributed by atoms with E-state index < -0.39 is 0 Å². The minimum absolute atomic E-state index is 0.890. The molecule has 1 aromatic heterocycles. The van der Waals surface area contributed by atoms with Gasteiger partial charge in [-0.05, 0) is 26.4 Å². The molecule has 0 aliphatic rings. The van der Waals surface area contributed by atoms with E-state index in [2.05, 4.69) is 32.7 Å². The maximum atomic E-state index is 5.27. The molecule has 0 unspecified atom stereocenters. The molecule has 0 aromatic carbocycles. The lowest BCUT2D eigenvalue weighted by molar-refractivity contribution is 0.277. The van der Waals surface area contributed by atoms with Crippen molar-refractivity contribution < 1.29 is 4.74 Å².